The molecule has 0 saturated heterocycles. The molecule has 5 nitrogen and oxygen atoms in total. The van der Waals surface area contributed by atoms with Gasteiger partial charge in [-0.05, 0) is 47.5 Å². The Balaban J connectivity index is 1.67. The van der Waals surface area contributed by atoms with E-state index < -0.39 is 10.0 Å². The van der Waals surface area contributed by atoms with Crippen LogP contribution in [-0.4, -0.2) is 24.6 Å². The highest BCUT2D eigenvalue weighted by atomic mass is 35.5. The van der Waals surface area contributed by atoms with Crippen molar-refractivity contribution in [2.45, 2.75) is 0 Å². The predicted molar refractivity (Wildman–Crippen MR) is 120 cm³/mol. The number of nitrogens with one attached hydrogen (secondary N) is 2. The van der Waals surface area contributed by atoms with Crippen molar-refractivity contribution in [3.8, 4) is 11.1 Å². The van der Waals surface area contributed by atoms with Crippen LogP contribution in [0.3, 0.4) is 0 Å². The first-order chi connectivity index (χ1) is 13.9. The van der Waals surface area contributed by atoms with Crippen molar-refractivity contribution in [3.05, 3.63) is 83.1 Å². The van der Waals surface area contributed by atoms with Gasteiger partial charge in [-0.15, -0.1) is 0 Å². The third kappa shape index (κ3) is 4.67. The van der Waals surface area contributed by atoms with Crippen molar-refractivity contribution >= 4 is 50.5 Å². The molecule has 146 valence electrons. The molecule has 0 bridgehead atoms. The second-order valence-corrected chi connectivity index (χ2v) is 8.84. The third-order valence-corrected chi connectivity index (χ3v) is 5.18. The number of halogens is 1. The minimum Gasteiger partial charge on any atom is -0.338 e. The number of imidazole rings is 1. The average Bonchev–Trinajstić information content (AvgIpc) is 3.09. The van der Waals surface area contributed by atoms with Crippen LogP contribution >= 0.6 is 11.6 Å². The van der Waals surface area contributed by atoms with Gasteiger partial charge in [0.25, 0.3) is 0 Å². The smallest absolute Gasteiger partial charge is 0.229 e. The molecule has 29 heavy (non-hydrogen) atoms. The van der Waals surface area contributed by atoms with E-state index in [-0.39, 0.29) is 0 Å². The molecule has 1 aromatic heterocycles. The van der Waals surface area contributed by atoms with Crippen LogP contribution in [0.4, 0.5) is 5.69 Å². The average molecular weight is 424 g/mol. The van der Waals surface area contributed by atoms with Gasteiger partial charge in [-0.2, -0.15) is 0 Å². The summed E-state index contributed by atoms with van der Waals surface area (Å²) in [5, 5.41) is 0.698. The number of benzene rings is 3. The summed E-state index contributed by atoms with van der Waals surface area (Å²) in [7, 11) is -3.37. The molecule has 3 aromatic carbocycles. The van der Waals surface area contributed by atoms with Crippen molar-refractivity contribution in [2.24, 2.45) is 0 Å². The maximum Gasteiger partial charge on any atom is 0.229 e. The lowest BCUT2D eigenvalue weighted by Crippen LogP contribution is -2.10. The van der Waals surface area contributed by atoms with Crippen LogP contribution in [0.1, 0.15) is 11.4 Å². The van der Waals surface area contributed by atoms with Gasteiger partial charge in [-0.25, -0.2) is 13.4 Å². The second kappa shape index (κ2) is 7.73. The van der Waals surface area contributed by atoms with E-state index in [4.69, 9.17) is 11.6 Å². The summed E-state index contributed by atoms with van der Waals surface area (Å²) in [5.41, 5.74) is 4.93. The number of hydrogen-bond donors (Lipinski definition) is 2. The summed E-state index contributed by atoms with van der Waals surface area (Å²) in [6.07, 6.45) is 5.00. The molecule has 0 spiro atoms. The number of aromatic amines is 1. The van der Waals surface area contributed by atoms with Gasteiger partial charge < -0.3 is 4.98 Å². The molecule has 0 amide bonds. The van der Waals surface area contributed by atoms with E-state index in [0.717, 1.165) is 39.8 Å². The van der Waals surface area contributed by atoms with Gasteiger partial charge in [0.05, 0.1) is 23.0 Å². The first-order valence-electron chi connectivity index (χ1n) is 8.88. The van der Waals surface area contributed by atoms with Crippen LogP contribution in [0.2, 0.25) is 5.02 Å². The quantitative estimate of drug-likeness (QED) is 0.449. The topological polar surface area (TPSA) is 74.8 Å². The molecule has 4 aromatic rings. The molecule has 0 aliphatic carbocycles. The van der Waals surface area contributed by atoms with E-state index in [2.05, 4.69) is 14.7 Å². The van der Waals surface area contributed by atoms with E-state index in [1.54, 1.807) is 12.1 Å². The largest absolute Gasteiger partial charge is 0.338 e. The molecule has 0 fully saturated rings. The Morgan fingerprint density at radius 2 is 1.76 bits per heavy atom. The SMILES string of the molecule is CS(=O)(=O)Nc1ccccc1-c1ccc2[nH]c(/C=C/c3ccc(Cl)cc3)nc2c1. The van der Waals surface area contributed by atoms with E-state index in [9.17, 15) is 8.42 Å². The molecule has 0 aliphatic heterocycles. The highest BCUT2D eigenvalue weighted by molar-refractivity contribution is 7.92. The zero-order chi connectivity index (χ0) is 20.4. The fourth-order valence-corrected chi connectivity index (χ4v) is 3.75. The molecular formula is C22H18ClN3O2S. The maximum absolute atomic E-state index is 11.7. The van der Waals surface area contributed by atoms with Gasteiger partial charge in [0.2, 0.25) is 10.0 Å². The highest BCUT2D eigenvalue weighted by Gasteiger charge is 2.10. The molecule has 0 saturated carbocycles. The summed E-state index contributed by atoms with van der Waals surface area (Å²) in [4.78, 5) is 7.90. The van der Waals surface area contributed by atoms with Gasteiger partial charge in [-0.1, -0.05) is 54.1 Å². The molecule has 7 heteroatoms. The minimum atomic E-state index is -3.37. The Bertz CT molecular complexity index is 1310. The molecular weight excluding hydrogens is 406 g/mol. The van der Waals surface area contributed by atoms with Gasteiger partial charge >= 0.3 is 0 Å². The van der Waals surface area contributed by atoms with Crippen molar-refractivity contribution < 1.29 is 8.42 Å². The Hall–Kier alpha value is -3.09. The molecule has 0 atom stereocenters. The lowest BCUT2D eigenvalue weighted by molar-refractivity contribution is 0.607. The van der Waals surface area contributed by atoms with E-state index in [1.165, 1.54) is 0 Å². The fraction of sp³-hybridized carbons (Fsp3) is 0.0455. The number of sulfonamides is 1. The van der Waals surface area contributed by atoms with Gasteiger partial charge in [0.1, 0.15) is 5.82 Å². The Labute approximate surface area is 174 Å². The summed E-state index contributed by atoms with van der Waals surface area (Å²) in [6, 6.07) is 20.7. The van der Waals surface area contributed by atoms with Crippen LogP contribution in [0, 0.1) is 0 Å². The number of para-hydroxylation sites is 1. The lowest BCUT2D eigenvalue weighted by atomic mass is 10.0. The molecule has 1 heterocycles. The fourth-order valence-electron chi connectivity index (χ4n) is 3.04. The van der Waals surface area contributed by atoms with Crippen LogP contribution in [0.25, 0.3) is 34.3 Å². The summed E-state index contributed by atoms with van der Waals surface area (Å²) >= 11 is 5.91. The summed E-state index contributed by atoms with van der Waals surface area (Å²) < 4.78 is 25.9. The number of H-pyrrole nitrogens is 1. The lowest BCUT2D eigenvalue weighted by Gasteiger charge is -2.10. The monoisotopic (exact) mass is 423 g/mol. The first kappa shape index (κ1) is 19.2. The molecule has 0 radical (unpaired) electrons. The normalized spacial score (nSPS) is 11.9. The zero-order valence-corrected chi connectivity index (χ0v) is 17.1. The Morgan fingerprint density at radius 3 is 2.52 bits per heavy atom. The van der Waals surface area contributed by atoms with E-state index >= 15 is 0 Å². The summed E-state index contributed by atoms with van der Waals surface area (Å²) in [6.45, 7) is 0. The highest BCUT2D eigenvalue weighted by Crippen LogP contribution is 2.30. The molecule has 0 unspecified atom stereocenters. The van der Waals surface area contributed by atoms with Crippen LogP contribution in [0.5, 0.6) is 0 Å². The van der Waals surface area contributed by atoms with E-state index in [0.29, 0.717) is 10.7 Å². The van der Waals surface area contributed by atoms with Crippen LogP contribution in [-0.2, 0) is 10.0 Å². The Morgan fingerprint density at radius 1 is 1.00 bits per heavy atom. The molecule has 4 rings (SSSR count). The standard InChI is InChI=1S/C22H18ClN3O2S/c1-29(27,28)26-19-5-3-2-4-18(19)16-9-12-20-21(14-16)25-22(24-20)13-8-15-6-10-17(23)11-7-15/h2-14,26H,1H3,(H,24,25)/b13-8+. The maximum atomic E-state index is 11.7. The number of fused-ring (bicyclic) bond motifs is 1. The van der Waals surface area contributed by atoms with Crippen molar-refractivity contribution in [3.63, 3.8) is 0 Å². The number of rotatable bonds is 5. The molecule has 2 N–H and O–H groups in total. The first-order valence-corrected chi connectivity index (χ1v) is 11.1. The van der Waals surface area contributed by atoms with Crippen LogP contribution < -0.4 is 4.72 Å². The predicted octanol–water partition coefficient (Wildman–Crippen LogP) is 5.43. The number of anilines is 1. The van der Waals surface area contributed by atoms with Gasteiger partial charge in [-0.3, -0.25) is 4.72 Å². The van der Waals surface area contributed by atoms with Crippen LogP contribution in [0.15, 0.2) is 66.7 Å². The number of hydrogen-bond acceptors (Lipinski definition) is 3. The van der Waals surface area contributed by atoms with Crippen molar-refractivity contribution in [2.75, 3.05) is 11.0 Å². The van der Waals surface area contributed by atoms with E-state index in [1.807, 2.05) is 66.7 Å². The number of aromatic nitrogens is 2. The van der Waals surface area contributed by atoms with Gasteiger partial charge in [0.15, 0.2) is 0 Å². The second-order valence-electron chi connectivity index (χ2n) is 6.66. The number of nitrogens with zero attached hydrogens (tertiary/aromatic N) is 1. The zero-order valence-electron chi connectivity index (χ0n) is 15.6. The van der Waals surface area contributed by atoms with Crippen molar-refractivity contribution in [1.82, 2.24) is 9.97 Å². The van der Waals surface area contributed by atoms with Crippen molar-refractivity contribution in [1.29, 1.82) is 0 Å². The Kier molecular flexibility index (Phi) is 5.13. The third-order valence-electron chi connectivity index (χ3n) is 4.34. The summed E-state index contributed by atoms with van der Waals surface area (Å²) in [5.74, 6) is 0.731. The molecule has 0 aliphatic rings. The minimum absolute atomic E-state index is 0.535. The van der Waals surface area contributed by atoms with Gasteiger partial charge in [0, 0.05) is 10.6 Å².